The van der Waals surface area contributed by atoms with Crippen LogP contribution >= 0.6 is 0 Å². The summed E-state index contributed by atoms with van der Waals surface area (Å²) in [5, 5.41) is 10.1. The van der Waals surface area contributed by atoms with Gasteiger partial charge in [-0.2, -0.15) is 0 Å². The van der Waals surface area contributed by atoms with Gasteiger partial charge in [0.15, 0.2) is 0 Å². The fraction of sp³-hybridized carbons (Fsp3) is 0.286. The van der Waals surface area contributed by atoms with Crippen molar-refractivity contribution in [2.75, 3.05) is 0 Å². The molecule has 0 fully saturated rings. The van der Waals surface area contributed by atoms with Crippen molar-refractivity contribution in [1.82, 2.24) is 0 Å². The summed E-state index contributed by atoms with van der Waals surface area (Å²) in [7, 11) is 0. The Kier molecular flexibility index (Phi) is 4.04. The molecule has 3 nitrogen and oxygen atoms in total. The lowest BCUT2D eigenvalue weighted by molar-refractivity contribution is -0.275. The summed E-state index contributed by atoms with van der Waals surface area (Å²) < 4.78 is 46.2. The molecule has 1 atom stereocenters. The molecule has 0 saturated heterocycles. The molecule has 6 heteroatoms. The first-order valence-electron chi connectivity index (χ1n) is 6.02. The third-order valence-electron chi connectivity index (χ3n) is 2.74. The number of rotatable bonds is 4. The van der Waals surface area contributed by atoms with E-state index in [4.69, 9.17) is 4.42 Å². The summed E-state index contributed by atoms with van der Waals surface area (Å²) in [6.45, 7) is 1.87. The number of hydrogen-bond donors (Lipinski definition) is 1. The van der Waals surface area contributed by atoms with Gasteiger partial charge < -0.3 is 14.3 Å². The number of aryl methyl sites for hydroxylation is 1. The summed E-state index contributed by atoms with van der Waals surface area (Å²) in [6, 6.07) is 8.64. The maximum atomic E-state index is 12.3. The average Bonchev–Trinajstić information content (AvgIpc) is 2.85. The molecule has 0 saturated carbocycles. The maximum Gasteiger partial charge on any atom is 0.573 e. The summed E-state index contributed by atoms with van der Waals surface area (Å²) in [4.78, 5) is 0. The van der Waals surface area contributed by atoms with Crippen molar-refractivity contribution >= 4 is 0 Å². The molecule has 1 aromatic heterocycles. The topological polar surface area (TPSA) is 42.6 Å². The number of benzene rings is 1. The molecule has 0 aliphatic rings. The molecular formula is C14H13F3O3. The summed E-state index contributed by atoms with van der Waals surface area (Å²) >= 11 is 0. The smallest absolute Gasteiger partial charge is 0.463 e. The van der Waals surface area contributed by atoms with Crippen LogP contribution in [0, 0.1) is 0 Å². The largest absolute Gasteiger partial charge is 0.573 e. The predicted molar refractivity (Wildman–Crippen MR) is 65.3 cm³/mol. The van der Waals surface area contributed by atoms with Crippen molar-refractivity contribution in [1.29, 1.82) is 0 Å². The minimum absolute atomic E-state index is 0.00169. The van der Waals surface area contributed by atoms with Gasteiger partial charge in [-0.15, -0.1) is 13.2 Å². The van der Waals surface area contributed by atoms with Crippen molar-refractivity contribution < 1.29 is 27.4 Å². The van der Waals surface area contributed by atoms with E-state index in [1.807, 2.05) is 6.92 Å². The fourth-order valence-corrected chi connectivity index (χ4v) is 1.81. The molecule has 20 heavy (non-hydrogen) atoms. The van der Waals surface area contributed by atoms with Crippen molar-refractivity contribution in [3.05, 3.63) is 53.5 Å². The molecule has 108 valence electrons. The van der Waals surface area contributed by atoms with E-state index in [9.17, 15) is 18.3 Å². The number of hydrogen-bond acceptors (Lipinski definition) is 3. The molecular weight excluding hydrogens is 273 g/mol. The normalized spacial score (nSPS) is 13.2. The van der Waals surface area contributed by atoms with Crippen LogP contribution in [-0.4, -0.2) is 11.5 Å². The molecule has 0 bridgehead atoms. The van der Waals surface area contributed by atoms with Crippen LogP contribution < -0.4 is 4.74 Å². The van der Waals surface area contributed by atoms with Gasteiger partial charge in [0.2, 0.25) is 0 Å². The van der Waals surface area contributed by atoms with Gasteiger partial charge in [-0.3, -0.25) is 0 Å². The summed E-state index contributed by atoms with van der Waals surface area (Å²) in [6.07, 6.45) is -5.49. The van der Waals surface area contributed by atoms with E-state index < -0.39 is 18.2 Å². The highest BCUT2D eigenvalue weighted by molar-refractivity contribution is 5.38. The van der Waals surface area contributed by atoms with Gasteiger partial charge >= 0.3 is 6.36 Å². The summed E-state index contributed by atoms with van der Waals surface area (Å²) in [5.41, 5.74) is 0.00169. The van der Waals surface area contributed by atoms with Crippen LogP contribution in [0.3, 0.4) is 0 Å². The maximum absolute atomic E-state index is 12.3. The number of halogens is 3. The minimum Gasteiger partial charge on any atom is -0.463 e. The van der Waals surface area contributed by atoms with E-state index >= 15 is 0 Å². The van der Waals surface area contributed by atoms with Gasteiger partial charge in [-0.1, -0.05) is 25.1 Å². The zero-order chi connectivity index (χ0) is 14.8. The molecule has 1 aromatic carbocycles. The summed E-state index contributed by atoms with van der Waals surface area (Å²) in [5.74, 6) is 0.385. The third kappa shape index (κ3) is 3.33. The first-order chi connectivity index (χ1) is 9.40. The Morgan fingerprint density at radius 2 is 1.90 bits per heavy atom. The lowest BCUT2D eigenvalue weighted by Crippen LogP contribution is -2.18. The predicted octanol–water partition coefficient (Wildman–Crippen LogP) is 3.82. The molecule has 2 aromatic rings. The number of aliphatic hydroxyl groups is 1. The van der Waals surface area contributed by atoms with E-state index in [1.54, 1.807) is 6.07 Å². The molecule has 1 unspecified atom stereocenters. The zero-order valence-corrected chi connectivity index (χ0v) is 10.6. The number of aliphatic hydroxyl groups excluding tert-OH is 1. The second-order valence-corrected chi connectivity index (χ2v) is 4.15. The Labute approximate surface area is 113 Å². The molecule has 0 aliphatic heterocycles. The molecule has 0 spiro atoms. The van der Waals surface area contributed by atoms with Crippen molar-refractivity contribution in [2.45, 2.75) is 25.8 Å². The highest BCUT2D eigenvalue weighted by Crippen LogP contribution is 2.33. The lowest BCUT2D eigenvalue weighted by Gasteiger charge is -2.15. The second-order valence-electron chi connectivity index (χ2n) is 4.15. The van der Waals surface area contributed by atoms with E-state index in [2.05, 4.69) is 4.74 Å². The third-order valence-corrected chi connectivity index (χ3v) is 2.74. The van der Waals surface area contributed by atoms with Crippen LogP contribution in [-0.2, 0) is 6.42 Å². The fourth-order valence-electron chi connectivity index (χ4n) is 1.81. The highest BCUT2D eigenvalue weighted by Gasteiger charge is 2.33. The monoisotopic (exact) mass is 286 g/mol. The van der Waals surface area contributed by atoms with E-state index in [0.717, 1.165) is 6.07 Å². The number of alkyl halides is 3. The Morgan fingerprint density at radius 3 is 2.50 bits per heavy atom. The van der Waals surface area contributed by atoms with Gasteiger partial charge in [-0.25, -0.2) is 0 Å². The quantitative estimate of drug-likeness (QED) is 0.929. The van der Waals surface area contributed by atoms with Gasteiger partial charge in [0.05, 0.1) is 0 Å². The number of para-hydroxylation sites is 1. The van der Waals surface area contributed by atoms with Crippen molar-refractivity contribution in [3.8, 4) is 5.75 Å². The van der Waals surface area contributed by atoms with E-state index in [-0.39, 0.29) is 11.3 Å². The van der Waals surface area contributed by atoms with E-state index in [0.29, 0.717) is 12.2 Å². The first kappa shape index (κ1) is 14.5. The highest BCUT2D eigenvalue weighted by atomic mass is 19.4. The van der Waals surface area contributed by atoms with Crippen LogP contribution in [0.1, 0.15) is 30.1 Å². The average molecular weight is 286 g/mol. The van der Waals surface area contributed by atoms with Crippen LogP contribution in [0.15, 0.2) is 40.8 Å². The van der Waals surface area contributed by atoms with Gasteiger partial charge in [0.25, 0.3) is 0 Å². The molecule has 1 N–H and O–H groups in total. The van der Waals surface area contributed by atoms with Gasteiger partial charge in [0.1, 0.15) is 23.4 Å². The van der Waals surface area contributed by atoms with Crippen molar-refractivity contribution in [2.24, 2.45) is 0 Å². The standard InChI is InChI=1S/C14H13F3O3/c1-2-9-7-8-12(19-9)13(18)10-5-3-4-6-11(10)20-14(15,16)17/h3-8,13,18H,2H2,1H3. The Balaban J connectivity index is 2.31. The minimum atomic E-state index is -4.81. The first-order valence-corrected chi connectivity index (χ1v) is 6.02. The number of furan rings is 1. The van der Waals surface area contributed by atoms with Crippen LogP contribution in [0.4, 0.5) is 13.2 Å². The van der Waals surface area contributed by atoms with Gasteiger partial charge in [0, 0.05) is 12.0 Å². The molecule has 0 radical (unpaired) electrons. The van der Waals surface area contributed by atoms with Gasteiger partial charge in [-0.05, 0) is 18.2 Å². The van der Waals surface area contributed by atoms with Crippen LogP contribution in [0.2, 0.25) is 0 Å². The van der Waals surface area contributed by atoms with Crippen LogP contribution in [0.5, 0.6) is 5.75 Å². The molecule has 2 rings (SSSR count). The van der Waals surface area contributed by atoms with Crippen molar-refractivity contribution in [3.63, 3.8) is 0 Å². The molecule has 0 aliphatic carbocycles. The zero-order valence-electron chi connectivity index (χ0n) is 10.6. The Bertz CT molecular complexity index is 575. The lowest BCUT2D eigenvalue weighted by atomic mass is 10.1. The Hall–Kier alpha value is -1.95. The molecule has 0 amide bonds. The Morgan fingerprint density at radius 1 is 1.20 bits per heavy atom. The van der Waals surface area contributed by atoms with E-state index in [1.165, 1.54) is 24.3 Å². The second kappa shape index (κ2) is 5.58. The number of ether oxygens (including phenoxy) is 1. The van der Waals surface area contributed by atoms with Crippen LogP contribution in [0.25, 0.3) is 0 Å². The SMILES string of the molecule is CCc1ccc(C(O)c2ccccc2OC(F)(F)F)o1. The molecule has 1 heterocycles.